The van der Waals surface area contributed by atoms with Crippen LogP contribution in [0, 0.1) is 5.92 Å². The number of benzene rings is 1. The number of halogens is 3. The Morgan fingerprint density at radius 2 is 2.00 bits per heavy atom. The summed E-state index contributed by atoms with van der Waals surface area (Å²) in [6.07, 6.45) is -2.00. The van der Waals surface area contributed by atoms with Gasteiger partial charge < -0.3 is 5.73 Å². The first-order valence-electron chi connectivity index (χ1n) is 7.07. The normalized spacial score (nSPS) is 22.9. The average molecular weight is 336 g/mol. The molecule has 1 fully saturated rings. The van der Waals surface area contributed by atoms with Gasteiger partial charge >= 0.3 is 6.18 Å². The second kappa shape index (κ2) is 6.55. The first-order chi connectivity index (χ1) is 10.2. The van der Waals surface area contributed by atoms with Gasteiger partial charge in [0.15, 0.2) is 0 Å². The quantitative estimate of drug-likeness (QED) is 0.866. The van der Waals surface area contributed by atoms with Crippen LogP contribution >= 0.6 is 0 Å². The summed E-state index contributed by atoms with van der Waals surface area (Å²) in [5.41, 5.74) is 4.87. The maximum atomic E-state index is 12.6. The van der Waals surface area contributed by atoms with Crippen molar-refractivity contribution < 1.29 is 21.6 Å². The van der Waals surface area contributed by atoms with Crippen molar-refractivity contribution in [2.45, 2.75) is 37.2 Å². The monoisotopic (exact) mass is 336 g/mol. The topological polar surface area (TPSA) is 72.2 Å². The lowest BCUT2D eigenvalue weighted by Gasteiger charge is -2.19. The molecule has 2 unspecified atom stereocenters. The number of hydrogen-bond acceptors (Lipinski definition) is 3. The Kier molecular flexibility index (Phi) is 5.14. The molecule has 0 amide bonds. The molecule has 2 rings (SSSR count). The third-order valence-electron chi connectivity index (χ3n) is 3.90. The third kappa shape index (κ3) is 4.44. The highest BCUT2D eigenvalue weighted by molar-refractivity contribution is 7.88. The van der Waals surface area contributed by atoms with Crippen molar-refractivity contribution in [3.05, 3.63) is 35.4 Å². The van der Waals surface area contributed by atoms with E-state index < -0.39 is 27.5 Å². The van der Waals surface area contributed by atoms with Crippen LogP contribution in [0.15, 0.2) is 24.3 Å². The fraction of sp³-hybridized carbons (Fsp3) is 0.571. The van der Waals surface area contributed by atoms with Gasteiger partial charge in [-0.25, -0.2) is 13.1 Å². The van der Waals surface area contributed by atoms with Gasteiger partial charge in [0.1, 0.15) is 0 Å². The summed E-state index contributed by atoms with van der Waals surface area (Å²) in [5, 5.41) is 0. The molecule has 3 N–H and O–H groups in total. The molecule has 0 aliphatic heterocycles. The SMILES string of the molecule is NCC1CCCC1NS(=O)(=O)Cc1cccc(C(F)(F)F)c1. The van der Waals surface area contributed by atoms with Crippen LogP contribution in [0.5, 0.6) is 0 Å². The number of rotatable bonds is 5. The van der Waals surface area contributed by atoms with Crippen LogP contribution in [0.1, 0.15) is 30.4 Å². The minimum Gasteiger partial charge on any atom is -0.330 e. The molecule has 1 saturated carbocycles. The van der Waals surface area contributed by atoms with Crippen molar-refractivity contribution in [3.8, 4) is 0 Å². The van der Waals surface area contributed by atoms with Crippen LogP contribution in [-0.4, -0.2) is 21.0 Å². The van der Waals surface area contributed by atoms with Crippen LogP contribution < -0.4 is 10.5 Å². The molecule has 4 nitrogen and oxygen atoms in total. The second-order valence-electron chi connectivity index (χ2n) is 5.61. The first kappa shape index (κ1) is 17.2. The maximum Gasteiger partial charge on any atom is 0.416 e. The van der Waals surface area contributed by atoms with Crippen LogP contribution in [0.3, 0.4) is 0 Å². The van der Waals surface area contributed by atoms with Crippen molar-refractivity contribution in [2.24, 2.45) is 11.7 Å². The summed E-state index contributed by atoms with van der Waals surface area (Å²) >= 11 is 0. The molecule has 2 atom stereocenters. The zero-order valence-electron chi connectivity index (χ0n) is 11.9. The largest absolute Gasteiger partial charge is 0.416 e. The fourth-order valence-corrected chi connectivity index (χ4v) is 4.28. The summed E-state index contributed by atoms with van der Waals surface area (Å²) in [7, 11) is -3.70. The van der Waals surface area contributed by atoms with E-state index in [2.05, 4.69) is 4.72 Å². The van der Waals surface area contributed by atoms with E-state index in [0.717, 1.165) is 25.0 Å². The molecule has 0 radical (unpaired) electrons. The Bertz CT molecular complexity index is 617. The lowest BCUT2D eigenvalue weighted by atomic mass is 10.1. The number of nitrogens with two attached hydrogens (primary N) is 1. The number of sulfonamides is 1. The van der Waals surface area contributed by atoms with E-state index in [4.69, 9.17) is 5.73 Å². The van der Waals surface area contributed by atoms with Gasteiger partial charge in [0.05, 0.1) is 11.3 Å². The highest BCUT2D eigenvalue weighted by Crippen LogP contribution is 2.30. The Hall–Kier alpha value is -1.12. The average Bonchev–Trinajstić information content (AvgIpc) is 2.83. The zero-order chi connectivity index (χ0) is 16.4. The van der Waals surface area contributed by atoms with Crippen LogP contribution in [0.4, 0.5) is 13.2 Å². The molecule has 1 aromatic carbocycles. The fourth-order valence-electron chi connectivity index (χ4n) is 2.80. The van der Waals surface area contributed by atoms with Gasteiger partial charge in [0.2, 0.25) is 10.0 Å². The number of nitrogens with one attached hydrogen (secondary N) is 1. The summed E-state index contributed by atoms with van der Waals surface area (Å²) in [6.45, 7) is 0.400. The van der Waals surface area contributed by atoms with Gasteiger partial charge in [-0.3, -0.25) is 0 Å². The molecule has 22 heavy (non-hydrogen) atoms. The summed E-state index contributed by atoms with van der Waals surface area (Å²) in [4.78, 5) is 0. The first-order valence-corrected chi connectivity index (χ1v) is 8.73. The predicted octanol–water partition coefficient (Wildman–Crippen LogP) is 2.25. The third-order valence-corrected chi connectivity index (χ3v) is 5.28. The standard InChI is InChI=1S/C14H19F3N2O2S/c15-14(16,17)12-5-1-3-10(7-12)9-22(20,21)19-13-6-2-4-11(13)8-18/h1,3,5,7,11,13,19H,2,4,6,8-9,18H2. The summed E-state index contributed by atoms with van der Waals surface area (Å²) in [5.74, 6) is -0.374. The molecular formula is C14H19F3N2O2S. The van der Waals surface area contributed by atoms with Crippen molar-refractivity contribution >= 4 is 10.0 Å². The van der Waals surface area contributed by atoms with Crippen LogP contribution in [0.2, 0.25) is 0 Å². The molecule has 0 heterocycles. The van der Waals surface area contributed by atoms with Gasteiger partial charge in [-0.15, -0.1) is 0 Å². The Labute approximate surface area is 127 Å². The molecule has 0 bridgehead atoms. The molecule has 1 aromatic rings. The predicted molar refractivity (Wildman–Crippen MR) is 77.4 cm³/mol. The van der Waals surface area contributed by atoms with Gasteiger partial charge in [-0.05, 0) is 36.9 Å². The maximum absolute atomic E-state index is 12.6. The minimum atomic E-state index is -4.48. The van der Waals surface area contributed by atoms with Gasteiger partial charge in [0.25, 0.3) is 0 Å². The van der Waals surface area contributed by atoms with E-state index in [-0.39, 0.29) is 17.5 Å². The van der Waals surface area contributed by atoms with Crippen LogP contribution in [-0.2, 0) is 22.0 Å². The van der Waals surface area contributed by atoms with E-state index in [1.54, 1.807) is 0 Å². The highest BCUT2D eigenvalue weighted by Gasteiger charge is 2.32. The summed E-state index contributed by atoms with van der Waals surface area (Å²) in [6, 6.07) is 4.16. The highest BCUT2D eigenvalue weighted by atomic mass is 32.2. The molecule has 0 aromatic heterocycles. The van der Waals surface area contributed by atoms with Crippen LogP contribution in [0.25, 0.3) is 0 Å². The Morgan fingerprint density at radius 1 is 1.27 bits per heavy atom. The molecular weight excluding hydrogens is 317 g/mol. The van der Waals surface area contributed by atoms with Crippen molar-refractivity contribution in [1.29, 1.82) is 0 Å². The molecule has 124 valence electrons. The van der Waals surface area contributed by atoms with Gasteiger partial charge in [-0.1, -0.05) is 24.6 Å². The van der Waals surface area contributed by atoms with Crippen molar-refractivity contribution in [3.63, 3.8) is 0 Å². The van der Waals surface area contributed by atoms with Crippen molar-refractivity contribution in [1.82, 2.24) is 4.72 Å². The van der Waals surface area contributed by atoms with E-state index >= 15 is 0 Å². The lowest BCUT2D eigenvalue weighted by Crippen LogP contribution is -2.40. The molecule has 8 heteroatoms. The zero-order valence-corrected chi connectivity index (χ0v) is 12.8. The molecule has 1 aliphatic rings. The van der Waals surface area contributed by atoms with E-state index in [1.807, 2.05) is 0 Å². The molecule has 1 aliphatic carbocycles. The Morgan fingerprint density at radius 3 is 2.64 bits per heavy atom. The smallest absolute Gasteiger partial charge is 0.330 e. The molecule has 0 spiro atoms. The number of alkyl halides is 3. The Balaban J connectivity index is 2.09. The van der Waals surface area contributed by atoms with E-state index in [1.165, 1.54) is 12.1 Å². The minimum absolute atomic E-state index is 0.0938. The molecule has 0 saturated heterocycles. The van der Waals surface area contributed by atoms with E-state index in [0.29, 0.717) is 13.0 Å². The van der Waals surface area contributed by atoms with Gasteiger partial charge in [0, 0.05) is 6.04 Å². The van der Waals surface area contributed by atoms with Crippen molar-refractivity contribution in [2.75, 3.05) is 6.54 Å². The van der Waals surface area contributed by atoms with E-state index in [9.17, 15) is 21.6 Å². The lowest BCUT2D eigenvalue weighted by molar-refractivity contribution is -0.137. The number of hydrogen-bond donors (Lipinski definition) is 2. The second-order valence-corrected chi connectivity index (χ2v) is 7.36. The van der Waals surface area contributed by atoms with Gasteiger partial charge in [-0.2, -0.15) is 13.2 Å². The summed E-state index contributed by atoms with van der Waals surface area (Å²) < 4.78 is 64.8.